The molecule has 0 aromatic heterocycles. The Hall–Kier alpha value is -1.50. The largest absolute Gasteiger partial charge is 0.488 e. The third-order valence-electron chi connectivity index (χ3n) is 2.96. The van der Waals surface area contributed by atoms with Crippen LogP contribution in [0.2, 0.25) is 10.0 Å². The van der Waals surface area contributed by atoms with Crippen LogP contribution in [0.1, 0.15) is 0 Å². The summed E-state index contributed by atoms with van der Waals surface area (Å²) in [6.45, 7) is -0.253. The number of urea groups is 1. The topological polar surface area (TPSA) is 70.1 Å². The fraction of sp³-hybridized carbons (Fsp3) is 0.385. The van der Waals surface area contributed by atoms with Gasteiger partial charge in [0.05, 0.1) is 16.6 Å². The number of aliphatic hydroxyl groups is 1. The van der Waals surface area contributed by atoms with Crippen molar-refractivity contribution in [1.29, 1.82) is 0 Å². The lowest BCUT2D eigenvalue weighted by Gasteiger charge is -2.19. The van der Waals surface area contributed by atoms with Gasteiger partial charge in [-0.15, -0.1) is 0 Å². The van der Waals surface area contributed by atoms with Crippen LogP contribution in [-0.2, 0) is 4.79 Å². The molecule has 1 fully saturated rings. The number of β-amino-alcohol motifs (C(OH)–C–C–N with tert-alkyl or cyclic N) is 1. The van der Waals surface area contributed by atoms with Gasteiger partial charge in [-0.25, -0.2) is 4.79 Å². The van der Waals surface area contributed by atoms with E-state index in [9.17, 15) is 14.7 Å². The highest BCUT2D eigenvalue weighted by molar-refractivity contribution is 6.37. The lowest BCUT2D eigenvalue weighted by Crippen LogP contribution is -2.40. The molecular weight excluding hydrogens is 319 g/mol. The minimum Gasteiger partial charge on any atom is -0.488 e. The quantitative estimate of drug-likeness (QED) is 0.832. The Balaban J connectivity index is 1.92. The molecule has 3 amide bonds. The molecule has 0 radical (unpaired) electrons. The van der Waals surface area contributed by atoms with Gasteiger partial charge in [-0.1, -0.05) is 29.3 Å². The summed E-state index contributed by atoms with van der Waals surface area (Å²) >= 11 is 11.9. The zero-order valence-electron chi connectivity index (χ0n) is 11.3. The summed E-state index contributed by atoms with van der Waals surface area (Å²) in [6.07, 6.45) is -1.03. The summed E-state index contributed by atoms with van der Waals surface area (Å²) in [7, 11) is 1.52. The predicted octanol–water partition coefficient (Wildman–Crippen LogP) is 1.63. The monoisotopic (exact) mass is 332 g/mol. The number of carbonyl (C=O) groups is 2. The average Bonchev–Trinajstić information content (AvgIpc) is 2.65. The van der Waals surface area contributed by atoms with Crippen molar-refractivity contribution in [1.82, 2.24) is 9.80 Å². The van der Waals surface area contributed by atoms with Gasteiger partial charge in [-0.3, -0.25) is 9.69 Å². The molecule has 1 aliphatic rings. The summed E-state index contributed by atoms with van der Waals surface area (Å²) < 4.78 is 5.36. The van der Waals surface area contributed by atoms with Crippen LogP contribution in [0.4, 0.5) is 4.79 Å². The van der Waals surface area contributed by atoms with Crippen molar-refractivity contribution >= 4 is 35.1 Å². The molecule has 1 aromatic rings. The summed E-state index contributed by atoms with van der Waals surface area (Å²) in [5.41, 5.74) is 0. The minimum absolute atomic E-state index is 0.0166. The number of amides is 3. The molecule has 1 saturated heterocycles. The van der Waals surface area contributed by atoms with E-state index in [0.29, 0.717) is 10.0 Å². The predicted molar refractivity (Wildman–Crippen MR) is 77.7 cm³/mol. The number of ether oxygens (including phenoxy) is 1. The highest BCUT2D eigenvalue weighted by Crippen LogP contribution is 2.32. The van der Waals surface area contributed by atoms with Crippen molar-refractivity contribution in [2.45, 2.75) is 6.10 Å². The van der Waals surface area contributed by atoms with E-state index in [-0.39, 0.29) is 31.4 Å². The van der Waals surface area contributed by atoms with E-state index in [4.69, 9.17) is 27.9 Å². The summed E-state index contributed by atoms with van der Waals surface area (Å²) in [6, 6.07) is 4.45. The number of aliphatic hydroxyl groups excluding tert-OH is 1. The first-order valence-corrected chi connectivity index (χ1v) is 6.96. The van der Waals surface area contributed by atoms with Gasteiger partial charge in [-0.05, 0) is 12.1 Å². The van der Waals surface area contributed by atoms with Crippen molar-refractivity contribution in [2.75, 3.05) is 26.7 Å². The number of imide groups is 1. The van der Waals surface area contributed by atoms with Gasteiger partial charge in [0, 0.05) is 7.05 Å². The maximum Gasteiger partial charge on any atom is 0.327 e. The van der Waals surface area contributed by atoms with Crippen molar-refractivity contribution in [3.63, 3.8) is 0 Å². The molecular formula is C13H14Cl2N2O4. The second kappa shape index (κ2) is 6.51. The summed E-state index contributed by atoms with van der Waals surface area (Å²) in [5, 5.41) is 10.5. The van der Waals surface area contributed by atoms with Crippen molar-refractivity contribution in [3.8, 4) is 5.75 Å². The molecule has 1 N–H and O–H groups in total. The molecule has 8 heteroatoms. The fourth-order valence-corrected chi connectivity index (χ4v) is 2.42. The SMILES string of the molecule is CN1CC(=O)N(CC(O)COc2c(Cl)cccc2Cl)C1=O. The van der Waals surface area contributed by atoms with E-state index in [2.05, 4.69) is 0 Å². The van der Waals surface area contributed by atoms with Crippen LogP contribution in [0, 0.1) is 0 Å². The van der Waals surface area contributed by atoms with Gasteiger partial charge < -0.3 is 14.7 Å². The van der Waals surface area contributed by atoms with E-state index in [1.165, 1.54) is 11.9 Å². The number of likely N-dealkylation sites (N-methyl/N-ethyl adjacent to an activating group) is 1. The molecule has 21 heavy (non-hydrogen) atoms. The third-order valence-corrected chi connectivity index (χ3v) is 3.56. The first-order valence-electron chi connectivity index (χ1n) is 6.20. The van der Waals surface area contributed by atoms with Gasteiger partial charge in [0.25, 0.3) is 0 Å². The number of nitrogens with zero attached hydrogens (tertiary/aromatic N) is 2. The molecule has 2 rings (SSSR count). The molecule has 0 aliphatic carbocycles. The van der Waals surface area contributed by atoms with Crippen LogP contribution in [0.15, 0.2) is 18.2 Å². The van der Waals surface area contributed by atoms with Crippen molar-refractivity contribution < 1.29 is 19.4 Å². The Morgan fingerprint density at radius 1 is 1.33 bits per heavy atom. The zero-order chi connectivity index (χ0) is 15.6. The molecule has 0 spiro atoms. The lowest BCUT2D eigenvalue weighted by molar-refractivity contribution is -0.126. The number of carbonyl (C=O) groups excluding carboxylic acids is 2. The average molecular weight is 333 g/mol. The van der Waals surface area contributed by atoms with E-state index in [1.54, 1.807) is 18.2 Å². The first kappa shape index (κ1) is 15.9. The first-order chi connectivity index (χ1) is 9.90. The number of para-hydroxylation sites is 1. The third kappa shape index (κ3) is 3.58. The molecule has 1 unspecified atom stereocenters. The van der Waals surface area contributed by atoms with Crippen LogP contribution < -0.4 is 4.74 Å². The highest BCUT2D eigenvalue weighted by Gasteiger charge is 2.34. The van der Waals surface area contributed by atoms with Gasteiger partial charge in [0.1, 0.15) is 19.3 Å². The van der Waals surface area contributed by atoms with Crippen LogP contribution in [-0.4, -0.2) is 59.7 Å². The lowest BCUT2D eigenvalue weighted by atomic mass is 10.3. The number of rotatable bonds is 5. The maximum atomic E-state index is 11.7. The van der Waals surface area contributed by atoms with E-state index < -0.39 is 12.1 Å². The number of halogens is 2. The molecule has 1 heterocycles. The Morgan fingerprint density at radius 2 is 1.95 bits per heavy atom. The number of hydrogen-bond donors (Lipinski definition) is 1. The summed E-state index contributed by atoms with van der Waals surface area (Å²) in [5.74, 6) is -0.0894. The molecule has 0 bridgehead atoms. The fourth-order valence-electron chi connectivity index (χ4n) is 1.91. The molecule has 1 aromatic carbocycles. The standard InChI is InChI=1S/C13H14Cl2N2O4/c1-16-6-11(19)17(13(16)20)5-8(18)7-21-12-9(14)3-2-4-10(12)15/h2-4,8,18H,5-7H2,1H3. The van der Waals surface area contributed by atoms with Crippen LogP contribution in [0.5, 0.6) is 5.75 Å². The molecule has 1 atom stereocenters. The normalized spacial score (nSPS) is 16.6. The van der Waals surface area contributed by atoms with Gasteiger partial charge in [0.15, 0.2) is 5.75 Å². The zero-order valence-corrected chi connectivity index (χ0v) is 12.8. The van der Waals surface area contributed by atoms with Gasteiger partial charge >= 0.3 is 6.03 Å². The Labute approximate surface area is 131 Å². The molecule has 6 nitrogen and oxygen atoms in total. The Morgan fingerprint density at radius 3 is 2.48 bits per heavy atom. The second-order valence-corrected chi connectivity index (χ2v) is 5.47. The number of benzene rings is 1. The summed E-state index contributed by atoms with van der Waals surface area (Å²) in [4.78, 5) is 25.5. The molecule has 114 valence electrons. The van der Waals surface area contributed by atoms with Crippen molar-refractivity contribution in [3.05, 3.63) is 28.2 Å². The molecule has 0 saturated carbocycles. The minimum atomic E-state index is -1.03. The van der Waals surface area contributed by atoms with Crippen molar-refractivity contribution in [2.24, 2.45) is 0 Å². The van der Waals surface area contributed by atoms with Crippen LogP contribution >= 0.6 is 23.2 Å². The van der Waals surface area contributed by atoms with Crippen LogP contribution in [0.25, 0.3) is 0 Å². The maximum absolute atomic E-state index is 11.7. The van der Waals surface area contributed by atoms with E-state index in [1.807, 2.05) is 0 Å². The van der Waals surface area contributed by atoms with Gasteiger partial charge in [0.2, 0.25) is 5.91 Å². The van der Waals surface area contributed by atoms with Gasteiger partial charge in [-0.2, -0.15) is 0 Å². The Kier molecular flexibility index (Phi) is 4.92. The highest BCUT2D eigenvalue weighted by atomic mass is 35.5. The van der Waals surface area contributed by atoms with Crippen LogP contribution in [0.3, 0.4) is 0 Å². The second-order valence-electron chi connectivity index (χ2n) is 4.66. The number of hydrogen-bond acceptors (Lipinski definition) is 4. The van der Waals surface area contributed by atoms with E-state index >= 15 is 0 Å². The Bertz CT molecular complexity index is 547. The molecule has 1 aliphatic heterocycles. The smallest absolute Gasteiger partial charge is 0.327 e. The van der Waals surface area contributed by atoms with E-state index in [0.717, 1.165) is 4.90 Å².